The van der Waals surface area contributed by atoms with Gasteiger partial charge < -0.3 is 15.0 Å². The molecule has 0 aromatic heterocycles. The van der Waals surface area contributed by atoms with Gasteiger partial charge in [-0.2, -0.15) is 13.2 Å². The highest BCUT2D eigenvalue weighted by atomic mass is 19.4. The van der Waals surface area contributed by atoms with Gasteiger partial charge in [-0.15, -0.1) is 0 Å². The van der Waals surface area contributed by atoms with Gasteiger partial charge in [-0.05, 0) is 30.3 Å². The Hall–Kier alpha value is -3.36. The summed E-state index contributed by atoms with van der Waals surface area (Å²) in [5.74, 6) is -2.64. The molecule has 0 bridgehead atoms. The van der Waals surface area contributed by atoms with Crippen molar-refractivity contribution in [2.75, 3.05) is 23.4 Å². The zero-order valence-corrected chi connectivity index (χ0v) is 15.1. The van der Waals surface area contributed by atoms with Crippen molar-refractivity contribution in [2.24, 2.45) is 5.92 Å². The Morgan fingerprint density at radius 1 is 1.10 bits per heavy atom. The van der Waals surface area contributed by atoms with E-state index in [1.807, 2.05) is 0 Å². The number of halogens is 3. The summed E-state index contributed by atoms with van der Waals surface area (Å²) < 4.78 is 43.6. The second kappa shape index (κ2) is 8.34. The van der Waals surface area contributed by atoms with E-state index >= 15 is 0 Å². The predicted octanol–water partition coefficient (Wildman–Crippen LogP) is 3.24. The third-order valence-corrected chi connectivity index (χ3v) is 4.35. The molecule has 2 aromatic rings. The molecule has 1 heterocycles. The number of carbonyl (C=O) groups is 3. The standard InChI is InChI=1S/C20H17F3N2O4/c21-20(22,23)14-5-4-8-16(10-14)25-11-13(9-18(25)27)19(28)29-12-17(26)24-15-6-2-1-3-7-15/h1-8,10,13H,9,11-12H2,(H,24,26)/t13-/m0/s1. The molecule has 0 aliphatic carbocycles. The van der Waals surface area contributed by atoms with Crippen molar-refractivity contribution in [3.05, 3.63) is 60.2 Å². The van der Waals surface area contributed by atoms with Crippen LogP contribution in [0.2, 0.25) is 0 Å². The second-order valence-corrected chi connectivity index (χ2v) is 6.48. The monoisotopic (exact) mass is 406 g/mol. The molecule has 6 nitrogen and oxygen atoms in total. The molecule has 0 radical (unpaired) electrons. The molecule has 1 aliphatic heterocycles. The maximum Gasteiger partial charge on any atom is 0.416 e. The highest BCUT2D eigenvalue weighted by Gasteiger charge is 2.37. The van der Waals surface area contributed by atoms with E-state index in [0.717, 1.165) is 17.0 Å². The number of esters is 1. The molecule has 0 spiro atoms. The quantitative estimate of drug-likeness (QED) is 0.774. The van der Waals surface area contributed by atoms with E-state index in [-0.39, 0.29) is 18.7 Å². The van der Waals surface area contributed by atoms with Crippen LogP contribution in [0.4, 0.5) is 24.5 Å². The van der Waals surface area contributed by atoms with Gasteiger partial charge in [0, 0.05) is 24.3 Å². The maximum absolute atomic E-state index is 12.9. The molecule has 1 aliphatic rings. The zero-order valence-electron chi connectivity index (χ0n) is 15.1. The molecule has 0 unspecified atom stereocenters. The van der Waals surface area contributed by atoms with Crippen LogP contribution in [0.1, 0.15) is 12.0 Å². The van der Waals surface area contributed by atoms with E-state index in [1.54, 1.807) is 30.3 Å². The SMILES string of the molecule is O=C(COC(=O)[C@H]1CC(=O)N(c2cccc(C(F)(F)F)c2)C1)Nc1ccccc1. The second-order valence-electron chi connectivity index (χ2n) is 6.48. The lowest BCUT2D eigenvalue weighted by atomic mass is 10.1. The number of hydrogen-bond donors (Lipinski definition) is 1. The fourth-order valence-corrected chi connectivity index (χ4v) is 2.94. The minimum Gasteiger partial charge on any atom is -0.455 e. The van der Waals surface area contributed by atoms with Gasteiger partial charge in [-0.25, -0.2) is 0 Å². The first-order valence-corrected chi connectivity index (χ1v) is 8.73. The van der Waals surface area contributed by atoms with E-state index in [9.17, 15) is 27.6 Å². The van der Waals surface area contributed by atoms with Crippen LogP contribution in [-0.2, 0) is 25.3 Å². The van der Waals surface area contributed by atoms with Gasteiger partial charge in [0.05, 0.1) is 11.5 Å². The third kappa shape index (κ3) is 5.13. The fraction of sp³-hybridized carbons (Fsp3) is 0.250. The summed E-state index contributed by atoms with van der Waals surface area (Å²) in [6.45, 7) is -0.638. The Morgan fingerprint density at radius 2 is 1.83 bits per heavy atom. The van der Waals surface area contributed by atoms with Crippen LogP contribution in [0.15, 0.2) is 54.6 Å². The van der Waals surface area contributed by atoms with Crippen LogP contribution in [0, 0.1) is 5.92 Å². The number of rotatable bonds is 5. The van der Waals surface area contributed by atoms with Crippen LogP contribution in [-0.4, -0.2) is 30.9 Å². The van der Waals surface area contributed by atoms with Crippen molar-refractivity contribution in [3.63, 3.8) is 0 Å². The van der Waals surface area contributed by atoms with Crippen LogP contribution < -0.4 is 10.2 Å². The molecule has 9 heteroatoms. The Bertz CT molecular complexity index is 915. The predicted molar refractivity (Wildman–Crippen MR) is 97.9 cm³/mol. The third-order valence-electron chi connectivity index (χ3n) is 4.35. The van der Waals surface area contributed by atoms with Crippen molar-refractivity contribution in [1.29, 1.82) is 0 Å². The first-order valence-electron chi connectivity index (χ1n) is 8.73. The number of nitrogens with zero attached hydrogens (tertiary/aromatic N) is 1. The average Bonchev–Trinajstić information content (AvgIpc) is 3.08. The van der Waals surface area contributed by atoms with Gasteiger partial charge in [0.2, 0.25) is 5.91 Å². The lowest BCUT2D eigenvalue weighted by Gasteiger charge is -2.18. The van der Waals surface area contributed by atoms with E-state index in [0.29, 0.717) is 5.69 Å². The van der Waals surface area contributed by atoms with Crippen LogP contribution in [0.5, 0.6) is 0 Å². The number of carbonyl (C=O) groups excluding carboxylic acids is 3. The van der Waals surface area contributed by atoms with Gasteiger partial charge in [-0.1, -0.05) is 24.3 Å². The summed E-state index contributed by atoms with van der Waals surface area (Å²) in [6, 6.07) is 12.9. The van der Waals surface area contributed by atoms with Gasteiger partial charge in [0.15, 0.2) is 6.61 Å². The van der Waals surface area contributed by atoms with Crippen molar-refractivity contribution in [1.82, 2.24) is 0 Å². The fourth-order valence-electron chi connectivity index (χ4n) is 2.94. The lowest BCUT2D eigenvalue weighted by Crippen LogP contribution is -2.28. The van der Waals surface area contributed by atoms with E-state index in [2.05, 4.69) is 5.32 Å². The summed E-state index contributed by atoms with van der Waals surface area (Å²) >= 11 is 0. The number of ether oxygens (including phenoxy) is 1. The highest BCUT2D eigenvalue weighted by molar-refractivity contribution is 6.00. The number of nitrogens with one attached hydrogen (secondary N) is 1. The van der Waals surface area contributed by atoms with E-state index in [4.69, 9.17) is 4.74 Å². The van der Waals surface area contributed by atoms with Crippen LogP contribution in [0.25, 0.3) is 0 Å². The highest BCUT2D eigenvalue weighted by Crippen LogP contribution is 2.33. The van der Waals surface area contributed by atoms with Crippen molar-refractivity contribution >= 4 is 29.2 Å². The summed E-state index contributed by atoms with van der Waals surface area (Å²) in [5.41, 5.74) is -0.284. The van der Waals surface area contributed by atoms with E-state index in [1.165, 1.54) is 12.1 Å². The Morgan fingerprint density at radius 3 is 2.52 bits per heavy atom. The molecule has 2 aromatic carbocycles. The molecule has 0 saturated carbocycles. The number of amides is 2. The summed E-state index contributed by atoms with van der Waals surface area (Å²) in [5, 5.41) is 2.55. The van der Waals surface area contributed by atoms with Gasteiger partial charge in [-0.3, -0.25) is 14.4 Å². The molecule has 1 fully saturated rings. The molecule has 1 saturated heterocycles. The number of para-hydroxylation sites is 1. The first-order chi connectivity index (χ1) is 13.7. The van der Waals surface area contributed by atoms with Crippen LogP contribution >= 0.6 is 0 Å². The minimum absolute atomic E-state index is 0.0574. The first kappa shape index (κ1) is 20.4. The zero-order chi connectivity index (χ0) is 21.0. The summed E-state index contributed by atoms with van der Waals surface area (Å²) in [6.07, 6.45) is -4.74. The largest absolute Gasteiger partial charge is 0.455 e. The Balaban J connectivity index is 1.57. The van der Waals surface area contributed by atoms with Crippen molar-refractivity contribution < 1.29 is 32.3 Å². The normalized spacial score (nSPS) is 16.6. The summed E-state index contributed by atoms with van der Waals surface area (Å²) in [7, 11) is 0. The minimum atomic E-state index is -4.54. The Kier molecular flexibility index (Phi) is 5.86. The Labute approximate surface area is 164 Å². The number of anilines is 2. The molecule has 1 atom stereocenters. The smallest absolute Gasteiger partial charge is 0.416 e. The van der Waals surface area contributed by atoms with Crippen molar-refractivity contribution in [3.8, 4) is 0 Å². The number of hydrogen-bond acceptors (Lipinski definition) is 4. The number of alkyl halides is 3. The summed E-state index contributed by atoms with van der Waals surface area (Å²) in [4.78, 5) is 37.3. The number of benzene rings is 2. The molecule has 3 rings (SSSR count). The molecule has 1 N–H and O–H groups in total. The molecule has 2 amide bonds. The lowest BCUT2D eigenvalue weighted by molar-refractivity contribution is -0.151. The topological polar surface area (TPSA) is 75.7 Å². The van der Waals surface area contributed by atoms with Gasteiger partial charge in [0.1, 0.15) is 0 Å². The maximum atomic E-state index is 12.9. The molecule has 152 valence electrons. The molecular formula is C20H17F3N2O4. The van der Waals surface area contributed by atoms with Gasteiger partial charge >= 0.3 is 12.1 Å². The van der Waals surface area contributed by atoms with Crippen molar-refractivity contribution in [2.45, 2.75) is 12.6 Å². The van der Waals surface area contributed by atoms with E-state index < -0.39 is 42.0 Å². The average molecular weight is 406 g/mol. The molecule has 29 heavy (non-hydrogen) atoms. The molecular weight excluding hydrogens is 389 g/mol. The van der Waals surface area contributed by atoms with Gasteiger partial charge in [0.25, 0.3) is 5.91 Å². The van der Waals surface area contributed by atoms with Crippen LogP contribution in [0.3, 0.4) is 0 Å².